The fraction of sp³-hybridized carbons (Fsp3) is 0.481. The largest absolute Gasteiger partial charge is 0.380 e. The van der Waals surface area contributed by atoms with Crippen molar-refractivity contribution in [2.45, 2.75) is 78.6 Å². The number of nitrogens with one attached hydrogen (secondary N) is 1. The maximum absolute atomic E-state index is 4.54. The quantitative estimate of drug-likeness (QED) is 0.299. The number of rotatable bonds is 9. The fourth-order valence-corrected chi connectivity index (χ4v) is 4.25. The van der Waals surface area contributed by atoms with Crippen molar-refractivity contribution in [1.82, 2.24) is 0 Å². The van der Waals surface area contributed by atoms with Gasteiger partial charge >= 0.3 is 0 Å². The number of allylic oxidation sites excluding steroid dienone is 4. The number of benzene rings is 1. The lowest BCUT2D eigenvalue weighted by atomic mass is 9.84. The molecule has 1 unspecified atom stereocenters. The van der Waals surface area contributed by atoms with Crippen molar-refractivity contribution in [1.29, 1.82) is 0 Å². The highest BCUT2D eigenvalue weighted by Crippen LogP contribution is 2.30. The molecular weight excluding hydrogens is 338 g/mol. The van der Waals surface area contributed by atoms with Gasteiger partial charge in [0.15, 0.2) is 0 Å². The molecule has 1 aliphatic rings. The second-order valence-corrected chi connectivity index (χ2v) is 8.14. The highest BCUT2D eigenvalue weighted by molar-refractivity contribution is 5.59. The number of unbranched alkanes of at least 4 members (excludes halogenated alkanes) is 2. The van der Waals surface area contributed by atoms with Gasteiger partial charge in [0.2, 0.25) is 0 Å². The molecule has 0 fully saturated rings. The predicted molar refractivity (Wildman–Crippen MR) is 127 cm³/mol. The molecule has 0 aromatic heterocycles. The van der Waals surface area contributed by atoms with E-state index in [1.54, 1.807) is 0 Å². The maximum Gasteiger partial charge on any atom is 0.0451 e. The van der Waals surface area contributed by atoms with E-state index >= 15 is 0 Å². The third-order valence-electron chi connectivity index (χ3n) is 5.89. The third kappa shape index (κ3) is 5.74. The predicted octanol–water partition coefficient (Wildman–Crippen LogP) is 6.39. The molecule has 1 aliphatic carbocycles. The summed E-state index contributed by atoms with van der Waals surface area (Å²) in [7, 11) is 0. The highest BCUT2D eigenvalue weighted by Gasteiger charge is 2.18. The average Bonchev–Trinajstić information content (AvgIpc) is 2.68. The summed E-state index contributed by atoms with van der Waals surface area (Å²) in [4.78, 5) is 0. The first-order valence-electron chi connectivity index (χ1n) is 11.0. The van der Waals surface area contributed by atoms with Gasteiger partial charge in [0.25, 0.3) is 0 Å². The molecule has 2 rings (SSSR count). The van der Waals surface area contributed by atoms with E-state index in [0.29, 0.717) is 5.92 Å². The van der Waals surface area contributed by atoms with Crippen LogP contribution in [0.15, 0.2) is 41.5 Å². The molecule has 1 nitrogen and oxygen atoms in total. The zero-order valence-corrected chi connectivity index (χ0v) is 18.5. The van der Waals surface area contributed by atoms with Crippen molar-refractivity contribution in [3.63, 3.8) is 0 Å². The van der Waals surface area contributed by atoms with Crippen LogP contribution in [0, 0.1) is 0 Å². The summed E-state index contributed by atoms with van der Waals surface area (Å²) < 4.78 is 0. The minimum atomic E-state index is 0.476. The number of anilines is 1. The molecule has 0 radical (unpaired) electrons. The van der Waals surface area contributed by atoms with Gasteiger partial charge < -0.3 is 5.32 Å². The smallest absolute Gasteiger partial charge is 0.0451 e. The Morgan fingerprint density at radius 2 is 2.04 bits per heavy atom. The minimum absolute atomic E-state index is 0.476. The summed E-state index contributed by atoms with van der Waals surface area (Å²) in [5, 5.41) is 6.08. The molecule has 0 saturated heterocycles. The zero-order chi connectivity index (χ0) is 20.5. The summed E-state index contributed by atoms with van der Waals surface area (Å²) in [6, 6.07) is 2.32. The molecule has 152 valence electrons. The SMILES string of the molecule is C=c1cc(C2C=C(C)CCC2)c(=C)c(NCC(/C=C\C)=C/C)c1CCCCC. The summed E-state index contributed by atoms with van der Waals surface area (Å²) in [5.74, 6) is 0.476. The molecule has 1 atom stereocenters. The van der Waals surface area contributed by atoms with Gasteiger partial charge in [0, 0.05) is 18.2 Å². The molecule has 0 saturated carbocycles. The monoisotopic (exact) mass is 377 g/mol. The van der Waals surface area contributed by atoms with Crippen LogP contribution in [0.25, 0.3) is 13.2 Å². The molecule has 1 heteroatoms. The Balaban J connectivity index is 2.45. The van der Waals surface area contributed by atoms with Crippen molar-refractivity contribution in [2.75, 3.05) is 11.9 Å². The Hall–Kier alpha value is -2.02. The molecule has 0 aliphatic heterocycles. The molecule has 28 heavy (non-hydrogen) atoms. The van der Waals surface area contributed by atoms with Crippen molar-refractivity contribution >= 4 is 18.8 Å². The van der Waals surface area contributed by atoms with Crippen molar-refractivity contribution in [2.24, 2.45) is 0 Å². The molecule has 1 N–H and O–H groups in total. The van der Waals surface area contributed by atoms with Crippen molar-refractivity contribution in [3.05, 3.63) is 63.1 Å². The molecular formula is C27H39N. The summed E-state index contributed by atoms with van der Waals surface area (Å²) >= 11 is 0. The Bertz CT molecular complexity index is 838. The van der Waals surface area contributed by atoms with E-state index in [2.05, 4.69) is 76.5 Å². The normalized spacial score (nSPS) is 17.8. The highest BCUT2D eigenvalue weighted by atomic mass is 14.9. The van der Waals surface area contributed by atoms with E-state index in [1.165, 1.54) is 76.9 Å². The molecule has 0 bridgehead atoms. The number of hydrogen-bond acceptors (Lipinski definition) is 1. The molecule has 0 amide bonds. The lowest BCUT2D eigenvalue weighted by molar-refractivity contribution is 0.630. The number of hydrogen-bond donors (Lipinski definition) is 1. The van der Waals surface area contributed by atoms with E-state index in [0.717, 1.165) is 13.0 Å². The fourth-order valence-electron chi connectivity index (χ4n) is 4.25. The lowest BCUT2D eigenvalue weighted by Gasteiger charge is -2.23. The summed E-state index contributed by atoms with van der Waals surface area (Å²) in [6.45, 7) is 18.5. The maximum atomic E-state index is 4.54. The molecule has 0 heterocycles. The standard InChI is InChI=1S/C27H39N/c1-7-10-11-16-25-21(5)18-26(24-15-12-14-20(4)17-24)22(6)27(25)28-19-23(9-3)13-8-2/h8-9,13,17-18,24,28H,5-7,10-12,14-16,19H2,1-4H3/b13-8-,23-9+. The minimum Gasteiger partial charge on any atom is -0.380 e. The van der Waals surface area contributed by atoms with Gasteiger partial charge in [-0.1, -0.05) is 68.9 Å². The molecule has 1 aromatic rings. The van der Waals surface area contributed by atoms with Gasteiger partial charge in [0.05, 0.1) is 0 Å². The van der Waals surface area contributed by atoms with Crippen LogP contribution in [0.1, 0.15) is 83.3 Å². The second kappa shape index (κ2) is 11.1. The van der Waals surface area contributed by atoms with E-state index in [-0.39, 0.29) is 0 Å². The van der Waals surface area contributed by atoms with Gasteiger partial charge in [-0.3, -0.25) is 0 Å². The van der Waals surface area contributed by atoms with Crippen molar-refractivity contribution in [3.8, 4) is 0 Å². The van der Waals surface area contributed by atoms with Crippen LogP contribution < -0.4 is 15.8 Å². The van der Waals surface area contributed by atoms with E-state index in [9.17, 15) is 0 Å². The third-order valence-corrected chi connectivity index (χ3v) is 5.89. The van der Waals surface area contributed by atoms with E-state index < -0.39 is 0 Å². The lowest BCUT2D eigenvalue weighted by Crippen LogP contribution is -2.27. The molecule has 1 aromatic carbocycles. The van der Waals surface area contributed by atoms with Crippen LogP contribution in [0.2, 0.25) is 0 Å². The van der Waals surface area contributed by atoms with Crippen molar-refractivity contribution < 1.29 is 0 Å². The van der Waals surface area contributed by atoms with Crippen LogP contribution in [0.5, 0.6) is 0 Å². The van der Waals surface area contributed by atoms with Crippen LogP contribution in [-0.4, -0.2) is 6.54 Å². The van der Waals surface area contributed by atoms with E-state index in [1.807, 2.05) is 0 Å². The first-order valence-corrected chi connectivity index (χ1v) is 11.0. The second-order valence-electron chi connectivity index (χ2n) is 8.14. The Morgan fingerprint density at radius 1 is 1.25 bits per heavy atom. The first kappa shape index (κ1) is 22.3. The van der Waals surface area contributed by atoms with Gasteiger partial charge in [-0.05, 0) is 80.0 Å². The Morgan fingerprint density at radius 3 is 2.68 bits per heavy atom. The van der Waals surface area contributed by atoms with Crippen LogP contribution >= 0.6 is 0 Å². The van der Waals surface area contributed by atoms with Gasteiger partial charge in [0.1, 0.15) is 0 Å². The van der Waals surface area contributed by atoms with Gasteiger partial charge in [-0.25, -0.2) is 0 Å². The van der Waals surface area contributed by atoms with E-state index in [4.69, 9.17) is 0 Å². The summed E-state index contributed by atoms with van der Waals surface area (Å²) in [5.41, 5.74) is 6.74. The first-order chi connectivity index (χ1) is 13.5. The van der Waals surface area contributed by atoms with Crippen LogP contribution in [-0.2, 0) is 6.42 Å². The summed E-state index contributed by atoms with van der Waals surface area (Å²) in [6.07, 6.45) is 17.4. The van der Waals surface area contributed by atoms with Gasteiger partial charge in [-0.2, -0.15) is 0 Å². The Kier molecular flexibility index (Phi) is 8.83. The zero-order valence-electron chi connectivity index (χ0n) is 18.5. The molecule has 0 spiro atoms. The average molecular weight is 378 g/mol. The van der Waals surface area contributed by atoms with Crippen LogP contribution in [0.3, 0.4) is 0 Å². The van der Waals surface area contributed by atoms with Crippen LogP contribution in [0.4, 0.5) is 5.69 Å². The van der Waals surface area contributed by atoms with Gasteiger partial charge in [-0.15, -0.1) is 0 Å². The Labute approximate surface area is 172 Å². The topological polar surface area (TPSA) is 12.0 Å².